The quantitative estimate of drug-likeness (QED) is 0.797. The van der Waals surface area contributed by atoms with E-state index in [1.807, 2.05) is 0 Å². The normalized spacial score (nSPS) is 34.6. The van der Waals surface area contributed by atoms with Gasteiger partial charge in [-0.1, -0.05) is 20.8 Å². The van der Waals surface area contributed by atoms with Crippen LogP contribution in [0, 0.1) is 11.8 Å². The fraction of sp³-hybridized carbons (Fsp3) is 1.00. The number of aliphatic hydroxyl groups excluding tert-OH is 1. The third-order valence-electron chi connectivity index (χ3n) is 4.69. The molecule has 2 saturated carbocycles. The molecule has 0 spiro atoms. The number of nitrogens with zero attached hydrogens (tertiary/aromatic N) is 1. The van der Waals surface area contributed by atoms with E-state index in [9.17, 15) is 5.11 Å². The van der Waals surface area contributed by atoms with Gasteiger partial charge in [0.2, 0.25) is 0 Å². The Kier molecular flexibility index (Phi) is 4.48. The van der Waals surface area contributed by atoms with Crippen molar-refractivity contribution in [3.63, 3.8) is 0 Å². The zero-order valence-electron chi connectivity index (χ0n) is 11.7. The van der Waals surface area contributed by atoms with Gasteiger partial charge in [-0.15, -0.1) is 0 Å². The van der Waals surface area contributed by atoms with Crippen LogP contribution in [-0.4, -0.2) is 34.7 Å². The van der Waals surface area contributed by atoms with Gasteiger partial charge in [-0.05, 0) is 56.9 Å². The zero-order chi connectivity index (χ0) is 12.4. The Labute approximate surface area is 106 Å². The highest BCUT2D eigenvalue weighted by Gasteiger charge is 2.40. The smallest absolute Gasteiger partial charge is 0.0695 e. The molecule has 0 aliphatic heterocycles. The molecule has 2 nitrogen and oxygen atoms in total. The molecule has 3 unspecified atom stereocenters. The van der Waals surface area contributed by atoms with Crippen molar-refractivity contribution in [3.05, 3.63) is 0 Å². The Morgan fingerprint density at radius 3 is 2.41 bits per heavy atom. The molecule has 2 heteroatoms. The minimum Gasteiger partial charge on any atom is -0.391 e. The lowest BCUT2D eigenvalue weighted by Gasteiger charge is -2.42. The van der Waals surface area contributed by atoms with Crippen LogP contribution in [0.15, 0.2) is 0 Å². The van der Waals surface area contributed by atoms with Crippen LogP contribution >= 0.6 is 0 Å². The summed E-state index contributed by atoms with van der Waals surface area (Å²) in [5.74, 6) is 1.59. The molecule has 0 heterocycles. The third kappa shape index (κ3) is 3.23. The van der Waals surface area contributed by atoms with Crippen LogP contribution in [0.2, 0.25) is 0 Å². The Balaban J connectivity index is 1.99. The fourth-order valence-corrected chi connectivity index (χ4v) is 3.41. The predicted octanol–water partition coefficient (Wildman–Crippen LogP) is 3.05. The molecule has 2 fully saturated rings. The second-order valence-corrected chi connectivity index (χ2v) is 6.42. The van der Waals surface area contributed by atoms with Gasteiger partial charge in [-0.2, -0.15) is 0 Å². The molecule has 0 aromatic heterocycles. The highest BCUT2D eigenvalue weighted by molar-refractivity contribution is 4.94. The molecule has 2 aliphatic rings. The Morgan fingerprint density at radius 1 is 1.18 bits per heavy atom. The average molecular weight is 239 g/mol. The lowest BCUT2D eigenvalue weighted by molar-refractivity contribution is -0.00831. The Hall–Kier alpha value is -0.0800. The molecule has 0 aromatic rings. The zero-order valence-corrected chi connectivity index (χ0v) is 11.7. The maximum absolute atomic E-state index is 10.3. The molecular weight excluding hydrogens is 210 g/mol. The van der Waals surface area contributed by atoms with Gasteiger partial charge in [-0.3, -0.25) is 4.90 Å². The molecule has 1 N–H and O–H groups in total. The summed E-state index contributed by atoms with van der Waals surface area (Å²) < 4.78 is 0. The van der Waals surface area contributed by atoms with Gasteiger partial charge in [0.1, 0.15) is 0 Å². The minimum absolute atomic E-state index is 0.0721. The highest BCUT2D eigenvalue weighted by Crippen LogP contribution is 2.37. The second-order valence-electron chi connectivity index (χ2n) is 6.42. The van der Waals surface area contributed by atoms with E-state index in [0.717, 1.165) is 24.3 Å². The van der Waals surface area contributed by atoms with Crippen LogP contribution in [0.4, 0.5) is 0 Å². The van der Waals surface area contributed by atoms with Gasteiger partial charge >= 0.3 is 0 Å². The van der Waals surface area contributed by atoms with Crippen LogP contribution in [0.25, 0.3) is 0 Å². The SMILES string of the molecule is CCCN(C1CC1)C1CC(C(C)C)CCC1O. The number of hydrogen-bond acceptors (Lipinski definition) is 2. The van der Waals surface area contributed by atoms with Crippen molar-refractivity contribution in [2.24, 2.45) is 11.8 Å². The largest absolute Gasteiger partial charge is 0.391 e. The summed E-state index contributed by atoms with van der Waals surface area (Å²) >= 11 is 0. The third-order valence-corrected chi connectivity index (χ3v) is 4.69. The lowest BCUT2D eigenvalue weighted by atomic mass is 9.77. The average Bonchev–Trinajstić information content (AvgIpc) is 3.10. The topological polar surface area (TPSA) is 23.5 Å². The van der Waals surface area contributed by atoms with E-state index in [4.69, 9.17) is 0 Å². The molecular formula is C15H29NO. The predicted molar refractivity (Wildman–Crippen MR) is 72.0 cm³/mol. The maximum Gasteiger partial charge on any atom is 0.0695 e. The van der Waals surface area contributed by atoms with E-state index in [1.54, 1.807) is 0 Å². The van der Waals surface area contributed by atoms with Gasteiger partial charge in [0.25, 0.3) is 0 Å². The van der Waals surface area contributed by atoms with Crippen molar-refractivity contribution >= 4 is 0 Å². The molecule has 0 saturated heterocycles. The minimum atomic E-state index is -0.0721. The summed E-state index contributed by atoms with van der Waals surface area (Å²) in [5.41, 5.74) is 0. The molecule has 3 atom stereocenters. The molecule has 0 aromatic carbocycles. The number of rotatable bonds is 5. The summed E-state index contributed by atoms with van der Waals surface area (Å²) in [4.78, 5) is 2.62. The van der Waals surface area contributed by atoms with Gasteiger partial charge in [0.05, 0.1) is 6.10 Å². The Bertz CT molecular complexity index is 237. The first-order valence-electron chi connectivity index (χ1n) is 7.57. The van der Waals surface area contributed by atoms with Crippen LogP contribution in [0.3, 0.4) is 0 Å². The van der Waals surface area contributed by atoms with E-state index < -0.39 is 0 Å². The van der Waals surface area contributed by atoms with Crippen molar-refractivity contribution in [2.45, 2.75) is 77.5 Å². The van der Waals surface area contributed by atoms with Crippen molar-refractivity contribution in [1.29, 1.82) is 0 Å². The van der Waals surface area contributed by atoms with E-state index in [1.165, 1.54) is 38.6 Å². The molecule has 17 heavy (non-hydrogen) atoms. The molecule has 2 aliphatic carbocycles. The molecule has 2 rings (SSSR count). The van der Waals surface area contributed by atoms with Gasteiger partial charge in [0.15, 0.2) is 0 Å². The lowest BCUT2D eigenvalue weighted by Crippen LogP contribution is -2.49. The number of hydrogen-bond donors (Lipinski definition) is 1. The second kappa shape index (κ2) is 5.71. The summed E-state index contributed by atoms with van der Waals surface area (Å²) in [7, 11) is 0. The maximum atomic E-state index is 10.3. The molecule has 100 valence electrons. The number of aliphatic hydroxyl groups is 1. The van der Waals surface area contributed by atoms with Gasteiger partial charge in [-0.25, -0.2) is 0 Å². The van der Waals surface area contributed by atoms with Crippen molar-refractivity contribution in [2.75, 3.05) is 6.54 Å². The summed E-state index contributed by atoms with van der Waals surface area (Å²) in [6, 6.07) is 1.24. The first kappa shape index (κ1) is 13.4. The first-order chi connectivity index (χ1) is 8.13. The van der Waals surface area contributed by atoms with Gasteiger partial charge in [0, 0.05) is 12.1 Å². The monoisotopic (exact) mass is 239 g/mol. The fourth-order valence-electron chi connectivity index (χ4n) is 3.41. The summed E-state index contributed by atoms with van der Waals surface area (Å²) in [6.45, 7) is 8.10. The summed E-state index contributed by atoms with van der Waals surface area (Å²) in [6.07, 6.45) is 7.31. The van der Waals surface area contributed by atoms with Crippen LogP contribution in [0.1, 0.15) is 59.3 Å². The molecule has 0 amide bonds. The van der Waals surface area contributed by atoms with Crippen molar-refractivity contribution in [1.82, 2.24) is 4.90 Å². The van der Waals surface area contributed by atoms with E-state index >= 15 is 0 Å². The van der Waals surface area contributed by atoms with Crippen LogP contribution < -0.4 is 0 Å². The van der Waals surface area contributed by atoms with E-state index in [2.05, 4.69) is 25.7 Å². The summed E-state index contributed by atoms with van der Waals surface area (Å²) in [5, 5.41) is 10.3. The molecule has 0 bridgehead atoms. The molecule has 0 radical (unpaired) electrons. The highest BCUT2D eigenvalue weighted by atomic mass is 16.3. The van der Waals surface area contributed by atoms with Crippen molar-refractivity contribution < 1.29 is 5.11 Å². The van der Waals surface area contributed by atoms with Crippen LogP contribution in [0.5, 0.6) is 0 Å². The van der Waals surface area contributed by atoms with E-state index in [0.29, 0.717) is 6.04 Å². The van der Waals surface area contributed by atoms with Crippen molar-refractivity contribution in [3.8, 4) is 0 Å². The van der Waals surface area contributed by atoms with Gasteiger partial charge < -0.3 is 5.11 Å². The van der Waals surface area contributed by atoms with E-state index in [-0.39, 0.29) is 6.10 Å². The van der Waals surface area contributed by atoms with Crippen LogP contribution in [-0.2, 0) is 0 Å². The Morgan fingerprint density at radius 2 is 1.88 bits per heavy atom. The first-order valence-corrected chi connectivity index (χ1v) is 7.57. The standard InChI is InChI=1S/C15H29NO/c1-4-9-16(13-6-7-13)14-10-12(11(2)3)5-8-15(14)17/h11-15,17H,4-10H2,1-3H3.